The highest BCUT2D eigenvalue weighted by Crippen LogP contribution is 2.29. The van der Waals surface area contributed by atoms with Crippen molar-refractivity contribution in [2.75, 3.05) is 23.9 Å². The standard InChI is InChI=1S/C10H13ClF3N3S/c1-18-5-3-2-4-15-8-6-7(10(12,13)14)16-9(11)17-8/h6H,2-5H2,1H3,(H,15,16,17). The molecule has 0 bridgehead atoms. The lowest BCUT2D eigenvalue weighted by Gasteiger charge is -2.09. The molecule has 0 aromatic carbocycles. The van der Waals surface area contributed by atoms with Crippen LogP contribution in [0.15, 0.2) is 6.07 Å². The Balaban J connectivity index is 2.58. The number of thioether (sulfide) groups is 1. The normalized spacial score (nSPS) is 11.6. The van der Waals surface area contributed by atoms with Gasteiger partial charge >= 0.3 is 6.18 Å². The minimum atomic E-state index is -4.51. The maximum atomic E-state index is 12.5. The first-order valence-electron chi connectivity index (χ1n) is 5.28. The summed E-state index contributed by atoms with van der Waals surface area (Å²) in [5.74, 6) is 1.13. The summed E-state index contributed by atoms with van der Waals surface area (Å²) in [6.45, 7) is 0.561. The number of rotatable bonds is 6. The van der Waals surface area contributed by atoms with Crippen LogP contribution in [0.25, 0.3) is 0 Å². The van der Waals surface area contributed by atoms with E-state index in [4.69, 9.17) is 11.6 Å². The summed E-state index contributed by atoms with van der Waals surface area (Å²) >= 11 is 7.19. The van der Waals surface area contributed by atoms with E-state index in [0.29, 0.717) is 6.54 Å². The van der Waals surface area contributed by atoms with E-state index in [9.17, 15) is 13.2 Å². The van der Waals surface area contributed by atoms with E-state index >= 15 is 0 Å². The number of nitrogens with zero attached hydrogens (tertiary/aromatic N) is 2. The number of unbranched alkanes of at least 4 members (excludes halogenated alkanes) is 1. The largest absolute Gasteiger partial charge is 0.433 e. The van der Waals surface area contributed by atoms with Gasteiger partial charge in [0.05, 0.1) is 0 Å². The predicted octanol–water partition coefficient (Wildman–Crippen LogP) is 3.70. The lowest BCUT2D eigenvalue weighted by Crippen LogP contribution is -2.11. The van der Waals surface area contributed by atoms with Crippen molar-refractivity contribution in [2.24, 2.45) is 0 Å². The molecule has 8 heteroatoms. The third-order valence-electron chi connectivity index (χ3n) is 2.07. The van der Waals surface area contributed by atoms with Crippen molar-refractivity contribution in [3.63, 3.8) is 0 Å². The summed E-state index contributed by atoms with van der Waals surface area (Å²) < 4.78 is 37.4. The van der Waals surface area contributed by atoms with Gasteiger partial charge in [-0.2, -0.15) is 24.9 Å². The second-order valence-corrected chi connectivity index (χ2v) is 4.86. The third-order valence-corrected chi connectivity index (χ3v) is 2.94. The molecule has 0 amide bonds. The van der Waals surface area contributed by atoms with Gasteiger partial charge in [0.2, 0.25) is 5.28 Å². The van der Waals surface area contributed by atoms with E-state index in [-0.39, 0.29) is 5.82 Å². The van der Waals surface area contributed by atoms with Crippen molar-refractivity contribution < 1.29 is 13.2 Å². The molecule has 0 fully saturated rings. The fourth-order valence-electron chi connectivity index (χ4n) is 1.24. The first kappa shape index (κ1) is 15.4. The van der Waals surface area contributed by atoms with Gasteiger partial charge in [0.1, 0.15) is 5.82 Å². The Morgan fingerprint density at radius 3 is 2.67 bits per heavy atom. The number of alkyl halides is 3. The molecule has 0 aliphatic carbocycles. The molecule has 1 aromatic heterocycles. The highest BCUT2D eigenvalue weighted by molar-refractivity contribution is 7.98. The molecule has 0 atom stereocenters. The van der Waals surface area contributed by atoms with E-state index in [1.807, 2.05) is 6.26 Å². The molecule has 1 heterocycles. The maximum Gasteiger partial charge on any atom is 0.433 e. The summed E-state index contributed by atoms with van der Waals surface area (Å²) in [4.78, 5) is 6.85. The first-order valence-corrected chi connectivity index (χ1v) is 7.05. The molecule has 1 N–H and O–H groups in total. The lowest BCUT2D eigenvalue weighted by molar-refractivity contribution is -0.141. The molecule has 0 spiro atoms. The lowest BCUT2D eigenvalue weighted by atomic mass is 10.3. The average molecular weight is 300 g/mol. The molecule has 0 radical (unpaired) electrons. The average Bonchev–Trinajstić information content (AvgIpc) is 2.27. The molecule has 3 nitrogen and oxygen atoms in total. The van der Waals surface area contributed by atoms with Crippen LogP contribution in [-0.4, -0.2) is 28.5 Å². The number of anilines is 1. The molecule has 102 valence electrons. The molecule has 1 aromatic rings. The zero-order valence-electron chi connectivity index (χ0n) is 9.72. The van der Waals surface area contributed by atoms with Crippen LogP contribution in [-0.2, 0) is 6.18 Å². The SMILES string of the molecule is CSCCCCNc1cc(C(F)(F)F)nc(Cl)n1. The van der Waals surface area contributed by atoms with Crippen LogP contribution in [0.1, 0.15) is 18.5 Å². The van der Waals surface area contributed by atoms with Crippen LogP contribution in [0.4, 0.5) is 19.0 Å². The van der Waals surface area contributed by atoms with Gasteiger partial charge < -0.3 is 5.32 Å². The van der Waals surface area contributed by atoms with Gasteiger partial charge in [-0.3, -0.25) is 0 Å². The van der Waals surface area contributed by atoms with Crippen molar-refractivity contribution in [3.8, 4) is 0 Å². The maximum absolute atomic E-state index is 12.5. The first-order chi connectivity index (χ1) is 8.43. The number of aromatic nitrogens is 2. The topological polar surface area (TPSA) is 37.8 Å². The van der Waals surface area contributed by atoms with Gasteiger partial charge in [0.15, 0.2) is 5.69 Å². The zero-order chi connectivity index (χ0) is 13.6. The van der Waals surface area contributed by atoms with Gasteiger partial charge in [-0.25, -0.2) is 9.97 Å². The van der Waals surface area contributed by atoms with E-state index < -0.39 is 17.2 Å². The van der Waals surface area contributed by atoms with Crippen molar-refractivity contribution in [3.05, 3.63) is 17.0 Å². The highest BCUT2D eigenvalue weighted by atomic mass is 35.5. The molecular formula is C10H13ClF3N3S. The van der Waals surface area contributed by atoms with Gasteiger partial charge in [0.25, 0.3) is 0 Å². The summed E-state index contributed by atoms with van der Waals surface area (Å²) in [5, 5.41) is 2.41. The number of hydrogen-bond donors (Lipinski definition) is 1. The van der Waals surface area contributed by atoms with E-state index in [1.165, 1.54) is 0 Å². The van der Waals surface area contributed by atoms with Crippen LogP contribution in [0.2, 0.25) is 5.28 Å². The van der Waals surface area contributed by atoms with Gasteiger partial charge in [0, 0.05) is 12.6 Å². The quantitative estimate of drug-likeness (QED) is 0.642. The summed E-state index contributed by atoms with van der Waals surface area (Å²) in [5.41, 5.74) is -1.03. The van der Waals surface area contributed by atoms with Gasteiger partial charge in [-0.1, -0.05) is 0 Å². The minimum absolute atomic E-state index is 0.103. The molecule has 18 heavy (non-hydrogen) atoms. The van der Waals surface area contributed by atoms with E-state index in [1.54, 1.807) is 11.8 Å². The Hall–Kier alpha value is -0.690. The van der Waals surface area contributed by atoms with Crippen LogP contribution in [0.5, 0.6) is 0 Å². The van der Waals surface area contributed by atoms with E-state index in [2.05, 4.69) is 15.3 Å². The Labute approximate surface area is 113 Å². The van der Waals surface area contributed by atoms with Crippen LogP contribution < -0.4 is 5.32 Å². The summed E-state index contributed by atoms with van der Waals surface area (Å²) in [7, 11) is 0. The summed E-state index contributed by atoms with van der Waals surface area (Å²) in [6, 6.07) is 0.862. The van der Waals surface area contributed by atoms with Crippen LogP contribution in [0, 0.1) is 0 Å². The molecule has 0 aliphatic rings. The van der Waals surface area contributed by atoms with Crippen molar-refractivity contribution in [1.29, 1.82) is 0 Å². The van der Waals surface area contributed by atoms with Crippen molar-refractivity contribution >= 4 is 29.2 Å². The molecular weight excluding hydrogens is 287 g/mol. The molecule has 0 aliphatic heterocycles. The smallest absolute Gasteiger partial charge is 0.370 e. The number of nitrogens with one attached hydrogen (secondary N) is 1. The van der Waals surface area contributed by atoms with Crippen molar-refractivity contribution in [1.82, 2.24) is 9.97 Å². The van der Waals surface area contributed by atoms with Gasteiger partial charge in [-0.15, -0.1) is 0 Å². The van der Waals surface area contributed by atoms with Gasteiger partial charge in [-0.05, 0) is 36.5 Å². The molecule has 0 saturated carbocycles. The Morgan fingerprint density at radius 2 is 2.06 bits per heavy atom. The number of hydrogen-bond acceptors (Lipinski definition) is 4. The third kappa shape index (κ3) is 5.30. The fourth-order valence-corrected chi connectivity index (χ4v) is 1.92. The van der Waals surface area contributed by atoms with Crippen LogP contribution in [0.3, 0.4) is 0 Å². The Bertz CT molecular complexity index is 387. The summed E-state index contributed by atoms with van der Waals surface area (Å²) in [6.07, 6.45) is -0.641. The predicted molar refractivity (Wildman–Crippen MR) is 68.1 cm³/mol. The monoisotopic (exact) mass is 299 g/mol. The van der Waals surface area contributed by atoms with E-state index in [0.717, 1.165) is 24.7 Å². The molecule has 0 unspecified atom stereocenters. The highest BCUT2D eigenvalue weighted by Gasteiger charge is 2.33. The fraction of sp³-hybridized carbons (Fsp3) is 0.600. The van der Waals surface area contributed by atoms with Crippen LogP contribution >= 0.6 is 23.4 Å². The minimum Gasteiger partial charge on any atom is -0.370 e. The Kier molecular flexibility index (Phi) is 6.01. The number of halogens is 4. The second-order valence-electron chi connectivity index (χ2n) is 3.53. The molecule has 0 saturated heterocycles. The second kappa shape index (κ2) is 7.04. The zero-order valence-corrected chi connectivity index (χ0v) is 11.3. The van der Waals surface area contributed by atoms with Crippen molar-refractivity contribution in [2.45, 2.75) is 19.0 Å². The Morgan fingerprint density at radius 1 is 1.33 bits per heavy atom. The molecule has 1 rings (SSSR count).